The Kier molecular flexibility index (Phi) is 4.34. The predicted molar refractivity (Wildman–Crippen MR) is 65.2 cm³/mol. The van der Waals surface area contributed by atoms with Crippen LogP contribution in [0.3, 0.4) is 0 Å². The number of aliphatic hydroxyl groups is 1. The minimum atomic E-state index is -0.749. The molecule has 0 aliphatic heterocycles. The smallest absolute Gasteiger partial charge is 0.141 e. The molecule has 1 aromatic rings. The lowest BCUT2D eigenvalue weighted by Gasteiger charge is -2.31. The molecule has 16 heavy (non-hydrogen) atoms. The number of benzene rings is 1. The van der Waals surface area contributed by atoms with Gasteiger partial charge in [-0.3, -0.25) is 0 Å². The fourth-order valence-electron chi connectivity index (χ4n) is 1.74. The lowest BCUT2D eigenvalue weighted by atomic mass is 9.82. The van der Waals surface area contributed by atoms with Gasteiger partial charge in [0, 0.05) is 6.42 Å². The molecule has 1 unspecified atom stereocenters. The van der Waals surface area contributed by atoms with Crippen LogP contribution in [0.1, 0.15) is 32.8 Å². The zero-order chi connectivity index (χ0) is 12.3. The SMILES string of the molecule is CCC(O)(Cc1ccc(F)c(Cl)c1)C(C)C. The summed E-state index contributed by atoms with van der Waals surface area (Å²) in [6.07, 6.45) is 1.17. The van der Waals surface area contributed by atoms with Crippen LogP contribution < -0.4 is 0 Å². The van der Waals surface area contributed by atoms with Crippen molar-refractivity contribution in [2.75, 3.05) is 0 Å². The van der Waals surface area contributed by atoms with Crippen molar-refractivity contribution in [3.05, 3.63) is 34.6 Å². The van der Waals surface area contributed by atoms with Crippen LogP contribution in [0.2, 0.25) is 5.02 Å². The molecule has 0 saturated carbocycles. The predicted octanol–water partition coefficient (Wildman–Crippen LogP) is 3.82. The molecule has 0 heterocycles. The molecule has 0 bridgehead atoms. The summed E-state index contributed by atoms with van der Waals surface area (Å²) in [4.78, 5) is 0. The van der Waals surface area contributed by atoms with Gasteiger partial charge in [0.25, 0.3) is 0 Å². The van der Waals surface area contributed by atoms with E-state index in [0.717, 1.165) is 5.56 Å². The highest BCUT2D eigenvalue weighted by atomic mass is 35.5. The molecule has 1 atom stereocenters. The fourth-order valence-corrected chi connectivity index (χ4v) is 1.94. The first kappa shape index (κ1) is 13.5. The molecule has 1 aromatic carbocycles. The van der Waals surface area contributed by atoms with Gasteiger partial charge < -0.3 is 5.11 Å². The largest absolute Gasteiger partial charge is 0.389 e. The lowest BCUT2D eigenvalue weighted by Crippen LogP contribution is -2.36. The highest BCUT2D eigenvalue weighted by Gasteiger charge is 2.29. The Morgan fingerprint density at radius 1 is 1.44 bits per heavy atom. The van der Waals surface area contributed by atoms with Gasteiger partial charge in [0.2, 0.25) is 0 Å². The van der Waals surface area contributed by atoms with E-state index in [1.54, 1.807) is 12.1 Å². The van der Waals surface area contributed by atoms with E-state index in [2.05, 4.69) is 0 Å². The van der Waals surface area contributed by atoms with E-state index in [4.69, 9.17) is 11.6 Å². The minimum absolute atomic E-state index is 0.111. The molecule has 1 N–H and O–H groups in total. The Hall–Kier alpha value is -0.600. The van der Waals surface area contributed by atoms with Crippen molar-refractivity contribution >= 4 is 11.6 Å². The third-order valence-corrected chi connectivity index (χ3v) is 3.47. The van der Waals surface area contributed by atoms with Crippen LogP contribution in [0.15, 0.2) is 18.2 Å². The number of hydrogen-bond donors (Lipinski definition) is 1. The summed E-state index contributed by atoms with van der Waals surface area (Å²) in [6, 6.07) is 4.60. The Bertz CT molecular complexity index is 365. The van der Waals surface area contributed by atoms with Crippen LogP contribution >= 0.6 is 11.6 Å². The van der Waals surface area contributed by atoms with Crippen LogP contribution in [0.5, 0.6) is 0 Å². The van der Waals surface area contributed by atoms with E-state index in [-0.39, 0.29) is 10.9 Å². The van der Waals surface area contributed by atoms with Crippen LogP contribution in [0.25, 0.3) is 0 Å². The second-order valence-corrected chi connectivity index (χ2v) is 4.94. The molecule has 3 heteroatoms. The lowest BCUT2D eigenvalue weighted by molar-refractivity contribution is -0.00829. The van der Waals surface area contributed by atoms with Gasteiger partial charge >= 0.3 is 0 Å². The molecule has 90 valence electrons. The molecule has 1 rings (SSSR count). The van der Waals surface area contributed by atoms with Crippen molar-refractivity contribution in [1.29, 1.82) is 0 Å². The maximum atomic E-state index is 13.0. The first-order chi connectivity index (χ1) is 7.39. The van der Waals surface area contributed by atoms with Gasteiger partial charge in [-0.05, 0) is 30.0 Å². The Balaban J connectivity index is 2.90. The summed E-state index contributed by atoms with van der Waals surface area (Å²) in [6.45, 7) is 5.91. The number of halogens is 2. The molecule has 0 aliphatic rings. The molecule has 0 fully saturated rings. The van der Waals surface area contributed by atoms with Crippen molar-refractivity contribution in [3.63, 3.8) is 0 Å². The average molecular weight is 245 g/mol. The molecule has 0 amide bonds. The number of rotatable bonds is 4. The summed E-state index contributed by atoms with van der Waals surface area (Å²) in [7, 11) is 0. The van der Waals surface area contributed by atoms with Gasteiger partial charge in [0.15, 0.2) is 0 Å². The van der Waals surface area contributed by atoms with E-state index in [1.165, 1.54) is 6.07 Å². The third-order valence-electron chi connectivity index (χ3n) is 3.18. The highest BCUT2D eigenvalue weighted by molar-refractivity contribution is 6.30. The standard InChI is InChI=1S/C13H18ClFO/c1-4-13(16,9(2)3)8-10-5-6-12(15)11(14)7-10/h5-7,9,16H,4,8H2,1-3H3. The van der Waals surface area contributed by atoms with Gasteiger partial charge in [0.1, 0.15) is 5.82 Å². The molecular weight excluding hydrogens is 227 g/mol. The maximum Gasteiger partial charge on any atom is 0.141 e. The monoisotopic (exact) mass is 244 g/mol. The summed E-state index contributed by atoms with van der Waals surface area (Å²) in [5.74, 6) is -0.267. The summed E-state index contributed by atoms with van der Waals surface area (Å²) in [5.41, 5.74) is 0.116. The Morgan fingerprint density at radius 2 is 2.06 bits per heavy atom. The van der Waals surface area contributed by atoms with Crippen LogP contribution in [-0.2, 0) is 6.42 Å². The topological polar surface area (TPSA) is 20.2 Å². The number of hydrogen-bond acceptors (Lipinski definition) is 1. The van der Waals surface area contributed by atoms with Crippen molar-refractivity contribution in [2.45, 2.75) is 39.2 Å². The Morgan fingerprint density at radius 3 is 2.50 bits per heavy atom. The van der Waals surface area contributed by atoms with Crippen LogP contribution in [0, 0.1) is 11.7 Å². The summed E-state index contributed by atoms with van der Waals surface area (Å²) in [5, 5.41) is 10.5. The van der Waals surface area contributed by atoms with E-state index in [1.807, 2.05) is 20.8 Å². The zero-order valence-corrected chi connectivity index (χ0v) is 10.7. The van der Waals surface area contributed by atoms with Crippen LogP contribution in [-0.4, -0.2) is 10.7 Å². The van der Waals surface area contributed by atoms with E-state index >= 15 is 0 Å². The van der Waals surface area contributed by atoms with Gasteiger partial charge in [-0.25, -0.2) is 4.39 Å². The van der Waals surface area contributed by atoms with Gasteiger partial charge in [-0.2, -0.15) is 0 Å². The first-order valence-corrected chi connectivity index (χ1v) is 5.93. The fraction of sp³-hybridized carbons (Fsp3) is 0.538. The van der Waals surface area contributed by atoms with E-state index in [9.17, 15) is 9.50 Å². The zero-order valence-electron chi connectivity index (χ0n) is 9.93. The molecule has 0 saturated heterocycles. The molecule has 1 nitrogen and oxygen atoms in total. The Labute approximate surface area is 101 Å². The third kappa shape index (κ3) is 2.96. The highest BCUT2D eigenvalue weighted by Crippen LogP contribution is 2.27. The molecule has 0 aromatic heterocycles. The van der Waals surface area contributed by atoms with Crippen molar-refractivity contribution < 1.29 is 9.50 Å². The second-order valence-electron chi connectivity index (χ2n) is 4.54. The molecular formula is C13H18ClFO. The van der Waals surface area contributed by atoms with E-state index in [0.29, 0.717) is 12.8 Å². The summed E-state index contributed by atoms with van der Waals surface area (Å²) < 4.78 is 13.0. The minimum Gasteiger partial charge on any atom is -0.389 e. The normalized spacial score (nSPS) is 15.2. The summed E-state index contributed by atoms with van der Waals surface area (Å²) >= 11 is 5.71. The quantitative estimate of drug-likeness (QED) is 0.854. The maximum absolute atomic E-state index is 13.0. The van der Waals surface area contributed by atoms with Crippen molar-refractivity contribution in [3.8, 4) is 0 Å². The molecule has 0 spiro atoms. The van der Waals surface area contributed by atoms with Crippen molar-refractivity contribution in [1.82, 2.24) is 0 Å². The van der Waals surface area contributed by atoms with Crippen molar-refractivity contribution in [2.24, 2.45) is 5.92 Å². The average Bonchev–Trinajstić information content (AvgIpc) is 2.23. The molecule has 0 aliphatic carbocycles. The van der Waals surface area contributed by atoms with Gasteiger partial charge in [-0.1, -0.05) is 38.4 Å². The van der Waals surface area contributed by atoms with Crippen LogP contribution in [0.4, 0.5) is 4.39 Å². The van der Waals surface area contributed by atoms with Gasteiger partial charge in [-0.15, -0.1) is 0 Å². The van der Waals surface area contributed by atoms with E-state index < -0.39 is 11.4 Å². The molecule has 0 radical (unpaired) electrons. The first-order valence-electron chi connectivity index (χ1n) is 5.55. The second kappa shape index (κ2) is 5.15. The van der Waals surface area contributed by atoms with Gasteiger partial charge in [0.05, 0.1) is 10.6 Å².